The van der Waals surface area contributed by atoms with Gasteiger partial charge in [-0.3, -0.25) is 9.13 Å². The number of fused-ring (bicyclic) bond motifs is 1. The minimum absolute atomic E-state index is 0.0400. The van der Waals surface area contributed by atoms with E-state index in [1.165, 1.54) is 13.1 Å². The minimum Gasteiger partial charge on any atom is -0.390 e. The van der Waals surface area contributed by atoms with Crippen LogP contribution in [0, 0.1) is 11.8 Å². The van der Waals surface area contributed by atoms with E-state index in [0.717, 1.165) is 5.52 Å². The first kappa shape index (κ1) is 26.3. The van der Waals surface area contributed by atoms with Crippen LogP contribution in [0.15, 0.2) is 29.2 Å². The second kappa shape index (κ2) is 9.60. The topological polar surface area (TPSA) is 114 Å². The number of anilines is 3. The summed E-state index contributed by atoms with van der Waals surface area (Å²) in [6, 6.07) is 5.43. The number of halogens is 3. The Balaban J connectivity index is 1.63. The first-order valence-electron chi connectivity index (χ1n) is 11.9. The van der Waals surface area contributed by atoms with Crippen molar-refractivity contribution in [1.82, 2.24) is 19.1 Å². The lowest BCUT2D eigenvalue weighted by Crippen LogP contribution is -2.55. The summed E-state index contributed by atoms with van der Waals surface area (Å²) in [5.41, 5.74) is 6.61. The average molecular weight is 524 g/mol. The number of aliphatic hydroxyl groups is 1. The molecule has 0 unspecified atom stereocenters. The molecule has 2 aromatic heterocycles. The second-order valence-corrected chi connectivity index (χ2v) is 10.6. The van der Waals surface area contributed by atoms with Crippen LogP contribution in [0.5, 0.6) is 0 Å². The second-order valence-electron chi connectivity index (χ2n) is 10.2. The number of hydrogen-bond acceptors (Lipinski definition) is 7. The summed E-state index contributed by atoms with van der Waals surface area (Å²) in [5, 5.41) is 13.6. The lowest BCUT2D eigenvalue weighted by molar-refractivity contribution is -0.108. The van der Waals surface area contributed by atoms with Gasteiger partial charge < -0.3 is 21.1 Å². The van der Waals surface area contributed by atoms with Gasteiger partial charge in [-0.15, -0.1) is 0 Å². The van der Waals surface area contributed by atoms with E-state index < -0.39 is 23.4 Å². The highest BCUT2D eigenvalue weighted by Crippen LogP contribution is 2.38. The van der Waals surface area contributed by atoms with E-state index in [4.69, 9.17) is 17.3 Å². The van der Waals surface area contributed by atoms with Crippen LogP contribution in [0.4, 0.5) is 26.2 Å². The molecule has 0 radical (unpaired) electrons. The maximum atomic E-state index is 14.5. The average Bonchev–Trinajstić information content (AvgIpc) is 3.04. The van der Waals surface area contributed by atoms with Gasteiger partial charge in [0.25, 0.3) is 5.92 Å². The summed E-state index contributed by atoms with van der Waals surface area (Å²) in [4.78, 5) is 23.3. The molecule has 0 aliphatic carbocycles. The van der Waals surface area contributed by atoms with Gasteiger partial charge in [0.1, 0.15) is 5.02 Å². The normalized spacial score (nSPS) is 20.2. The van der Waals surface area contributed by atoms with Crippen LogP contribution in [0.2, 0.25) is 5.02 Å². The Morgan fingerprint density at radius 1 is 1.31 bits per heavy atom. The SMILES string of the molecule is C[C@@H]1CN(c2ncc(Cl)c(Nc3ccc4c(c3)n(CCC(C)(C)O)c(=O)n4C)n2)C[C@H](CN)C1(F)F. The summed E-state index contributed by atoms with van der Waals surface area (Å²) in [5.74, 6) is -4.16. The van der Waals surface area contributed by atoms with Crippen molar-refractivity contribution >= 4 is 40.1 Å². The fraction of sp³-hybridized carbons (Fsp3) is 0.542. The number of nitrogens with two attached hydrogens (primary N) is 1. The Hall–Kier alpha value is -2.76. The molecule has 0 bridgehead atoms. The van der Waals surface area contributed by atoms with Crippen molar-refractivity contribution in [2.45, 2.75) is 45.3 Å². The number of nitrogens with zero attached hydrogens (tertiary/aromatic N) is 5. The van der Waals surface area contributed by atoms with Crippen molar-refractivity contribution in [3.05, 3.63) is 39.9 Å². The van der Waals surface area contributed by atoms with Gasteiger partial charge in [-0.1, -0.05) is 18.5 Å². The third-order valence-electron chi connectivity index (χ3n) is 6.79. The van der Waals surface area contributed by atoms with E-state index in [0.29, 0.717) is 30.0 Å². The van der Waals surface area contributed by atoms with Crippen LogP contribution in [0.25, 0.3) is 11.0 Å². The molecule has 4 rings (SSSR count). The summed E-state index contributed by atoms with van der Waals surface area (Å²) >= 11 is 6.36. The van der Waals surface area contributed by atoms with Crippen LogP contribution >= 0.6 is 11.6 Å². The summed E-state index contributed by atoms with van der Waals surface area (Å²) in [7, 11) is 1.70. The van der Waals surface area contributed by atoms with E-state index in [2.05, 4.69) is 15.3 Å². The first-order chi connectivity index (χ1) is 16.8. The molecule has 1 saturated heterocycles. The lowest BCUT2D eigenvalue weighted by atomic mass is 9.86. The zero-order valence-electron chi connectivity index (χ0n) is 20.8. The maximum absolute atomic E-state index is 14.5. The van der Waals surface area contributed by atoms with Crippen molar-refractivity contribution < 1.29 is 13.9 Å². The molecule has 1 aliphatic heterocycles. The number of rotatable bonds is 7. The number of alkyl halides is 2. The molecule has 4 N–H and O–H groups in total. The Morgan fingerprint density at radius 3 is 2.69 bits per heavy atom. The number of benzene rings is 1. The zero-order valence-corrected chi connectivity index (χ0v) is 21.6. The van der Waals surface area contributed by atoms with Crippen LogP contribution in [0.3, 0.4) is 0 Å². The number of aryl methyl sites for hydroxylation is 2. The number of nitrogens with one attached hydrogen (secondary N) is 1. The largest absolute Gasteiger partial charge is 0.390 e. The van der Waals surface area contributed by atoms with E-state index >= 15 is 0 Å². The van der Waals surface area contributed by atoms with E-state index in [1.54, 1.807) is 41.0 Å². The van der Waals surface area contributed by atoms with Gasteiger partial charge in [-0.05, 0) is 38.5 Å². The summed E-state index contributed by atoms with van der Waals surface area (Å²) in [6.45, 7) is 5.23. The Bertz CT molecular complexity index is 1320. The molecule has 9 nitrogen and oxygen atoms in total. The molecule has 0 spiro atoms. The van der Waals surface area contributed by atoms with Crippen molar-refractivity contribution in [1.29, 1.82) is 0 Å². The van der Waals surface area contributed by atoms with Crippen LogP contribution in [0.1, 0.15) is 27.2 Å². The van der Waals surface area contributed by atoms with Crippen molar-refractivity contribution in [2.24, 2.45) is 24.6 Å². The minimum atomic E-state index is -2.86. The van der Waals surface area contributed by atoms with Crippen LogP contribution < -0.4 is 21.6 Å². The predicted molar refractivity (Wildman–Crippen MR) is 137 cm³/mol. The molecule has 1 fully saturated rings. The zero-order chi connectivity index (χ0) is 26.4. The third kappa shape index (κ3) is 5.05. The molecule has 0 saturated carbocycles. The predicted octanol–water partition coefficient (Wildman–Crippen LogP) is 3.35. The number of piperidine rings is 1. The standard InChI is InChI=1S/C24H32ClF2N7O2/c1-14-12-33(13-15(10-28)24(14,26)27)21-29-11-17(25)20(31-21)30-16-5-6-18-19(9-16)34(22(35)32(18)4)8-7-23(2,3)36/h5-6,9,11,14-15,36H,7-8,10,12-13,28H2,1-4H3,(H,29,30,31)/t14-,15+/m1/s1. The van der Waals surface area contributed by atoms with Gasteiger partial charge in [0.2, 0.25) is 5.95 Å². The third-order valence-corrected chi connectivity index (χ3v) is 7.07. The Morgan fingerprint density at radius 2 is 2.03 bits per heavy atom. The van der Waals surface area contributed by atoms with Gasteiger partial charge in [0, 0.05) is 44.8 Å². The van der Waals surface area contributed by atoms with Crippen molar-refractivity contribution in [3.63, 3.8) is 0 Å². The maximum Gasteiger partial charge on any atom is 0.328 e. The van der Waals surface area contributed by atoms with Crippen molar-refractivity contribution in [2.75, 3.05) is 29.9 Å². The molecule has 12 heteroatoms. The summed E-state index contributed by atoms with van der Waals surface area (Å²) in [6.07, 6.45) is 1.84. The first-order valence-corrected chi connectivity index (χ1v) is 12.2. The van der Waals surface area contributed by atoms with Gasteiger partial charge >= 0.3 is 5.69 Å². The summed E-state index contributed by atoms with van der Waals surface area (Å²) < 4.78 is 32.1. The molecule has 1 aromatic carbocycles. The number of imidazole rings is 1. The number of aromatic nitrogens is 4. The van der Waals surface area contributed by atoms with E-state index in [9.17, 15) is 18.7 Å². The van der Waals surface area contributed by atoms with Crippen LogP contribution in [-0.2, 0) is 13.6 Å². The lowest BCUT2D eigenvalue weighted by Gasteiger charge is -2.42. The molecule has 0 amide bonds. The van der Waals surface area contributed by atoms with Gasteiger partial charge in [-0.2, -0.15) is 4.98 Å². The molecule has 36 heavy (non-hydrogen) atoms. The highest BCUT2D eigenvalue weighted by Gasteiger charge is 2.49. The Kier molecular flexibility index (Phi) is 7.02. The molecule has 3 heterocycles. The molecule has 1 aliphatic rings. The molecular weight excluding hydrogens is 492 g/mol. The van der Waals surface area contributed by atoms with Crippen LogP contribution in [-0.4, -0.2) is 55.4 Å². The quantitative estimate of drug-likeness (QED) is 0.435. The Labute approximate surface area is 212 Å². The smallest absolute Gasteiger partial charge is 0.328 e. The monoisotopic (exact) mass is 523 g/mol. The van der Waals surface area contributed by atoms with Gasteiger partial charge in [0.15, 0.2) is 5.82 Å². The molecule has 3 aromatic rings. The van der Waals surface area contributed by atoms with Gasteiger partial charge in [-0.25, -0.2) is 18.6 Å². The molecule has 196 valence electrons. The number of hydrogen-bond donors (Lipinski definition) is 3. The van der Waals surface area contributed by atoms with Crippen molar-refractivity contribution in [3.8, 4) is 0 Å². The molecule has 2 atom stereocenters. The fourth-order valence-corrected chi connectivity index (χ4v) is 4.67. The van der Waals surface area contributed by atoms with Gasteiger partial charge in [0.05, 0.1) is 28.7 Å². The van der Waals surface area contributed by atoms with E-state index in [-0.39, 0.29) is 36.3 Å². The van der Waals surface area contributed by atoms with E-state index in [1.807, 2.05) is 12.1 Å². The molecular formula is C24H32ClF2N7O2. The highest BCUT2D eigenvalue weighted by atomic mass is 35.5. The fourth-order valence-electron chi connectivity index (χ4n) is 4.54. The highest BCUT2D eigenvalue weighted by molar-refractivity contribution is 6.32.